The molecule has 4 aromatic rings. The monoisotopic (exact) mass is 530 g/mol. The number of fused-ring (bicyclic) bond motifs is 1. The first-order chi connectivity index (χ1) is 18.4. The molecule has 192 valence electrons. The summed E-state index contributed by atoms with van der Waals surface area (Å²) in [4.78, 5) is 27.1. The maximum atomic E-state index is 14.3. The van der Waals surface area contributed by atoms with Crippen molar-refractivity contribution < 1.29 is 23.5 Å². The van der Waals surface area contributed by atoms with Crippen LogP contribution in [0.25, 0.3) is 0 Å². The second-order valence-corrected chi connectivity index (χ2v) is 9.30. The number of carbonyl (C=O) groups is 2. The molecule has 0 saturated heterocycles. The summed E-state index contributed by atoms with van der Waals surface area (Å²) in [6, 6.07) is 24.2. The van der Waals surface area contributed by atoms with Crippen LogP contribution >= 0.6 is 11.6 Å². The fourth-order valence-corrected chi connectivity index (χ4v) is 4.39. The van der Waals surface area contributed by atoms with E-state index in [4.69, 9.17) is 21.1 Å². The van der Waals surface area contributed by atoms with E-state index < -0.39 is 11.8 Å². The third kappa shape index (κ3) is 5.48. The third-order valence-electron chi connectivity index (χ3n) is 6.18. The molecule has 0 aliphatic carbocycles. The number of aryl methyl sites for hydroxylation is 1. The van der Waals surface area contributed by atoms with Gasteiger partial charge in [0.15, 0.2) is 6.73 Å². The molecule has 8 heteroatoms. The van der Waals surface area contributed by atoms with Gasteiger partial charge in [-0.1, -0.05) is 59.6 Å². The minimum Gasteiger partial charge on any atom is -0.472 e. The highest BCUT2D eigenvalue weighted by Crippen LogP contribution is 2.31. The average Bonchev–Trinajstić information content (AvgIpc) is 2.91. The average molecular weight is 531 g/mol. The predicted octanol–water partition coefficient (Wildman–Crippen LogP) is 6.81. The molecule has 1 amide bonds. The number of anilines is 3. The first-order valence-corrected chi connectivity index (χ1v) is 12.4. The summed E-state index contributed by atoms with van der Waals surface area (Å²) in [5.41, 5.74) is 4.29. The van der Waals surface area contributed by atoms with Crippen molar-refractivity contribution in [1.29, 1.82) is 0 Å². The molecule has 1 aliphatic rings. The first kappa shape index (κ1) is 25.3. The molecular formula is C30H24ClFN2O4. The van der Waals surface area contributed by atoms with Crippen LogP contribution in [0, 0.1) is 12.7 Å². The van der Waals surface area contributed by atoms with Crippen LogP contribution in [0.1, 0.15) is 27.0 Å². The summed E-state index contributed by atoms with van der Waals surface area (Å²) in [5.74, 6) is -0.484. The van der Waals surface area contributed by atoms with Crippen molar-refractivity contribution >= 4 is 40.5 Å². The second-order valence-electron chi connectivity index (χ2n) is 8.89. The van der Waals surface area contributed by atoms with Crippen LogP contribution in [0.5, 0.6) is 5.75 Å². The number of nitrogens with zero attached hydrogens (tertiary/aromatic N) is 1. The molecule has 1 N–H and O–H groups in total. The predicted molar refractivity (Wildman–Crippen MR) is 145 cm³/mol. The van der Waals surface area contributed by atoms with Crippen LogP contribution in [-0.4, -0.2) is 18.6 Å². The Bertz CT molecular complexity index is 1490. The number of hydrogen-bond acceptors (Lipinski definition) is 5. The molecule has 38 heavy (non-hydrogen) atoms. The van der Waals surface area contributed by atoms with Crippen LogP contribution < -0.4 is 15.0 Å². The Morgan fingerprint density at radius 2 is 1.84 bits per heavy atom. The molecule has 1 heterocycles. The molecule has 5 rings (SSSR count). The lowest BCUT2D eigenvalue weighted by molar-refractivity contribution is -0.144. The number of amides is 1. The van der Waals surface area contributed by atoms with E-state index in [1.54, 1.807) is 59.5 Å². The molecule has 0 atom stereocenters. The normalized spacial score (nSPS) is 12.5. The number of halogens is 2. The van der Waals surface area contributed by atoms with Gasteiger partial charge in [-0.05, 0) is 60.5 Å². The van der Waals surface area contributed by atoms with E-state index in [1.165, 1.54) is 12.1 Å². The quantitative estimate of drug-likeness (QED) is 0.266. The maximum Gasteiger partial charge on any atom is 0.310 e. The van der Waals surface area contributed by atoms with E-state index in [9.17, 15) is 14.0 Å². The topological polar surface area (TPSA) is 67.9 Å². The fourth-order valence-electron chi connectivity index (χ4n) is 4.18. The minimum absolute atomic E-state index is 0.00675. The van der Waals surface area contributed by atoms with E-state index in [0.717, 1.165) is 11.1 Å². The number of benzene rings is 4. The highest BCUT2D eigenvalue weighted by atomic mass is 35.5. The first-order valence-electron chi connectivity index (χ1n) is 12.0. The standard InChI is InChI=1S/C30H24ClFN2O4/c1-19-9-14-26(33-29-24(31)6-4-7-25(29)32)21(15-19)16-28(35)37-17-20-10-12-22(13-11-20)34-18-38-27-8-3-2-5-23(27)30(34)36/h2-15,33H,16-18H2,1H3. The highest BCUT2D eigenvalue weighted by Gasteiger charge is 2.26. The van der Waals surface area contributed by atoms with E-state index in [1.807, 2.05) is 25.1 Å². The van der Waals surface area contributed by atoms with E-state index in [-0.39, 0.29) is 36.4 Å². The summed E-state index contributed by atoms with van der Waals surface area (Å²) in [6.07, 6.45) is -0.00675. The molecule has 0 radical (unpaired) electrons. The number of hydrogen-bond donors (Lipinski definition) is 1. The van der Waals surface area contributed by atoms with Crippen LogP contribution in [-0.2, 0) is 22.6 Å². The number of esters is 1. The van der Waals surface area contributed by atoms with Crippen molar-refractivity contribution in [2.45, 2.75) is 20.0 Å². The zero-order valence-electron chi connectivity index (χ0n) is 20.5. The minimum atomic E-state index is -0.489. The van der Waals surface area contributed by atoms with E-state index in [0.29, 0.717) is 28.3 Å². The number of carbonyl (C=O) groups excluding carboxylic acids is 2. The molecule has 6 nitrogen and oxygen atoms in total. The van der Waals surface area contributed by atoms with Crippen molar-refractivity contribution in [2.75, 3.05) is 16.9 Å². The Morgan fingerprint density at radius 3 is 2.63 bits per heavy atom. The molecule has 0 saturated carbocycles. The van der Waals surface area contributed by atoms with Gasteiger partial charge in [-0.2, -0.15) is 0 Å². The number of ether oxygens (including phenoxy) is 2. The Morgan fingerprint density at radius 1 is 1.05 bits per heavy atom. The van der Waals surface area contributed by atoms with Gasteiger partial charge in [0.25, 0.3) is 5.91 Å². The van der Waals surface area contributed by atoms with Crippen molar-refractivity contribution in [3.05, 3.63) is 118 Å². The Hall–Kier alpha value is -4.36. The van der Waals surface area contributed by atoms with Gasteiger partial charge in [0.05, 0.1) is 22.7 Å². The molecular weight excluding hydrogens is 507 g/mol. The van der Waals surface area contributed by atoms with Crippen molar-refractivity contribution in [3.8, 4) is 5.75 Å². The number of rotatable bonds is 7. The number of nitrogens with one attached hydrogen (secondary N) is 1. The summed E-state index contributed by atoms with van der Waals surface area (Å²) < 4.78 is 25.5. The maximum absolute atomic E-state index is 14.3. The van der Waals surface area contributed by atoms with Gasteiger partial charge in [0.1, 0.15) is 18.2 Å². The van der Waals surface area contributed by atoms with Gasteiger partial charge in [-0.3, -0.25) is 14.5 Å². The highest BCUT2D eigenvalue weighted by molar-refractivity contribution is 6.33. The van der Waals surface area contributed by atoms with Gasteiger partial charge in [-0.25, -0.2) is 4.39 Å². The molecule has 4 aromatic carbocycles. The zero-order chi connectivity index (χ0) is 26.6. The van der Waals surface area contributed by atoms with E-state index >= 15 is 0 Å². The molecule has 0 fully saturated rings. The van der Waals surface area contributed by atoms with E-state index in [2.05, 4.69) is 5.32 Å². The van der Waals surface area contributed by atoms with Crippen molar-refractivity contribution in [3.63, 3.8) is 0 Å². The molecule has 1 aliphatic heterocycles. The third-order valence-corrected chi connectivity index (χ3v) is 6.49. The smallest absolute Gasteiger partial charge is 0.310 e. The Labute approximate surface area is 224 Å². The SMILES string of the molecule is Cc1ccc(Nc2c(F)cccc2Cl)c(CC(=O)OCc2ccc(N3COc4ccccc4C3=O)cc2)c1. The molecule has 0 unspecified atom stereocenters. The lowest BCUT2D eigenvalue weighted by Gasteiger charge is -2.28. The summed E-state index contributed by atoms with van der Waals surface area (Å²) >= 11 is 6.15. The number of para-hydroxylation sites is 2. The summed E-state index contributed by atoms with van der Waals surface area (Å²) in [7, 11) is 0. The lowest BCUT2D eigenvalue weighted by atomic mass is 10.1. The van der Waals surface area contributed by atoms with Crippen molar-refractivity contribution in [1.82, 2.24) is 0 Å². The van der Waals surface area contributed by atoms with Gasteiger partial charge in [0, 0.05) is 11.4 Å². The lowest BCUT2D eigenvalue weighted by Crippen LogP contribution is -2.38. The fraction of sp³-hybridized carbons (Fsp3) is 0.133. The van der Waals surface area contributed by atoms with Gasteiger partial charge in [0.2, 0.25) is 0 Å². The second kappa shape index (κ2) is 10.9. The van der Waals surface area contributed by atoms with Crippen LogP contribution in [0.15, 0.2) is 84.9 Å². The molecule has 0 bridgehead atoms. The van der Waals surface area contributed by atoms with Crippen LogP contribution in [0.2, 0.25) is 5.02 Å². The summed E-state index contributed by atoms with van der Waals surface area (Å²) in [6.45, 7) is 2.10. The molecule has 0 aromatic heterocycles. The summed E-state index contributed by atoms with van der Waals surface area (Å²) in [5, 5.41) is 3.25. The van der Waals surface area contributed by atoms with Gasteiger partial charge in [-0.15, -0.1) is 0 Å². The largest absolute Gasteiger partial charge is 0.472 e. The Balaban J connectivity index is 1.22. The zero-order valence-corrected chi connectivity index (χ0v) is 21.3. The van der Waals surface area contributed by atoms with Crippen LogP contribution in [0.3, 0.4) is 0 Å². The van der Waals surface area contributed by atoms with Crippen LogP contribution in [0.4, 0.5) is 21.5 Å². The Kier molecular flexibility index (Phi) is 7.29. The van der Waals surface area contributed by atoms with Gasteiger partial charge >= 0.3 is 5.97 Å². The molecule has 0 spiro atoms. The van der Waals surface area contributed by atoms with Gasteiger partial charge < -0.3 is 14.8 Å². The van der Waals surface area contributed by atoms with Crippen molar-refractivity contribution in [2.24, 2.45) is 0 Å².